The zero-order valence-electron chi connectivity index (χ0n) is 7.37. The van der Waals surface area contributed by atoms with Crippen molar-refractivity contribution in [3.05, 3.63) is 33.2 Å². The van der Waals surface area contributed by atoms with Crippen LogP contribution < -0.4 is 5.32 Å². The normalized spacial score (nSPS) is 19.0. The maximum absolute atomic E-state index is 11.3. The van der Waals surface area contributed by atoms with Crippen LogP contribution in [-0.2, 0) is 4.79 Å². The molecule has 1 N–H and O–H groups in total. The van der Waals surface area contributed by atoms with E-state index in [9.17, 15) is 9.70 Å². The molecule has 0 bridgehead atoms. The fourth-order valence-electron chi connectivity index (χ4n) is 1.54. The molecule has 0 fully saturated rings. The lowest BCUT2D eigenvalue weighted by Crippen LogP contribution is -2.09. The highest BCUT2D eigenvalue weighted by Gasteiger charge is 2.32. The van der Waals surface area contributed by atoms with E-state index in [0.29, 0.717) is 16.3 Å². The van der Waals surface area contributed by atoms with Crippen LogP contribution in [0.3, 0.4) is 0 Å². The van der Waals surface area contributed by atoms with Crippen LogP contribution in [0.4, 0.5) is 5.69 Å². The monoisotopic (exact) mass is 210 g/mol. The standard InChI is InChI=1S/C9H7ClN2O2/c1-4-6(10)3-2-5-7(4)11-9(13)8(5)12-14/h2-3,8H,1H3,(H,11,13). The number of amides is 1. The zero-order chi connectivity index (χ0) is 10.3. The van der Waals surface area contributed by atoms with E-state index >= 15 is 0 Å². The van der Waals surface area contributed by atoms with Crippen molar-refractivity contribution in [1.82, 2.24) is 0 Å². The number of nitrogens with one attached hydrogen (secondary N) is 1. The van der Waals surface area contributed by atoms with Crippen molar-refractivity contribution >= 4 is 23.2 Å². The van der Waals surface area contributed by atoms with E-state index in [2.05, 4.69) is 10.5 Å². The summed E-state index contributed by atoms with van der Waals surface area (Å²) < 4.78 is 0. The van der Waals surface area contributed by atoms with E-state index in [0.717, 1.165) is 5.56 Å². The molecule has 1 aromatic rings. The molecule has 1 unspecified atom stereocenters. The molecule has 14 heavy (non-hydrogen) atoms. The van der Waals surface area contributed by atoms with Gasteiger partial charge in [0.15, 0.2) is 6.04 Å². The summed E-state index contributed by atoms with van der Waals surface area (Å²) in [6.07, 6.45) is 0. The van der Waals surface area contributed by atoms with E-state index in [1.807, 2.05) is 0 Å². The second-order valence-corrected chi connectivity index (χ2v) is 3.54. The van der Waals surface area contributed by atoms with Crippen LogP contribution in [0.15, 0.2) is 17.3 Å². The van der Waals surface area contributed by atoms with Gasteiger partial charge in [-0.05, 0) is 18.6 Å². The zero-order valence-corrected chi connectivity index (χ0v) is 8.13. The van der Waals surface area contributed by atoms with Gasteiger partial charge in [0.25, 0.3) is 5.91 Å². The fourth-order valence-corrected chi connectivity index (χ4v) is 1.70. The maximum atomic E-state index is 11.3. The van der Waals surface area contributed by atoms with Crippen molar-refractivity contribution in [2.75, 3.05) is 5.32 Å². The average Bonchev–Trinajstić information content (AvgIpc) is 2.49. The molecule has 0 radical (unpaired) electrons. The van der Waals surface area contributed by atoms with Crippen molar-refractivity contribution in [3.8, 4) is 0 Å². The summed E-state index contributed by atoms with van der Waals surface area (Å²) in [5.74, 6) is -0.389. The Kier molecular flexibility index (Phi) is 2.00. The number of halogens is 1. The fraction of sp³-hybridized carbons (Fsp3) is 0.222. The largest absolute Gasteiger partial charge is 0.323 e. The Morgan fingerprint density at radius 2 is 2.21 bits per heavy atom. The van der Waals surface area contributed by atoms with Gasteiger partial charge >= 0.3 is 0 Å². The summed E-state index contributed by atoms with van der Waals surface area (Å²) in [5, 5.41) is 5.93. The first-order chi connectivity index (χ1) is 6.65. The van der Waals surface area contributed by atoms with Crippen molar-refractivity contribution in [2.24, 2.45) is 5.18 Å². The molecule has 1 aliphatic rings. The van der Waals surface area contributed by atoms with Gasteiger partial charge in [-0.2, -0.15) is 0 Å². The highest BCUT2D eigenvalue weighted by Crippen LogP contribution is 2.38. The Hall–Kier alpha value is -1.42. The van der Waals surface area contributed by atoms with Gasteiger partial charge in [-0.15, -0.1) is 4.91 Å². The number of rotatable bonds is 1. The van der Waals surface area contributed by atoms with E-state index in [1.54, 1.807) is 19.1 Å². The molecule has 1 atom stereocenters. The Bertz CT molecular complexity index is 431. The van der Waals surface area contributed by atoms with E-state index in [1.165, 1.54) is 0 Å². The van der Waals surface area contributed by atoms with Crippen LogP contribution in [0.2, 0.25) is 5.02 Å². The third-order valence-electron chi connectivity index (χ3n) is 2.33. The smallest absolute Gasteiger partial charge is 0.257 e. The number of anilines is 1. The van der Waals surface area contributed by atoms with E-state index in [4.69, 9.17) is 11.6 Å². The van der Waals surface area contributed by atoms with Gasteiger partial charge in [0, 0.05) is 10.6 Å². The van der Waals surface area contributed by atoms with Crippen LogP contribution in [-0.4, -0.2) is 5.91 Å². The number of fused-ring (bicyclic) bond motifs is 1. The third kappa shape index (κ3) is 1.11. The SMILES string of the molecule is Cc1c(Cl)ccc2c1NC(=O)C2N=O. The Balaban J connectivity index is 2.63. The first-order valence-corrected chi connectivity index (χ1v) is 4.45. The molecule has 0 saturated carbocycles. The van der Waals surface area contributed by atoms with Crippen LogP contribution in [0.5, 0.6) is 0 Å². The molecular weight excluding hydrogens is 204 g/mol. The van der Waals surface area contributed by atoms with Gasteiger partial charge < -0.3 is 5.32 Å². The summed E-state index contributed by atoms with van der Waals surface area (Å²) in [5.41, 5.74) is 1.99. The molecule has 2 rings (SSSR count). The maximum Gasteiger partial charge on any atom is 0.257 e. The lowest BCUT2D eigenvalue weighted by Gasteiger charge is -2.04. The second-order valence-electron chi connectivity index (χ2n) is 3.13. The first-order valence-electron chi connectivity index (χ1n) is 4.07. The average molecular weight is 211 g/mol. The van der Waals surface area contributed by atoms with Gasteiger partial charge in [-0.3, -0.25) is 4.79 Å². The van der Waals surface area contributed by atoms with Crippen molar-refractivity contribution < 1.29 is 4.79 Å². The highest BCUT2D eigenvalue weighted by molar-refractivity contribution is 6.32. The second kappa shape index (κ2) is 3.06. The molecular formula is C9H7ClN2O2. The lowest BCUT2D eigenvalue weighted by molar-refractivity contribution is -0.116. The number of hydrogen-bond donors (Lipinski definition) is 1. The quantitative estimate of drug-likeness (QED) is 0.724. The summed E-state index contributed by atoms with van der Waals surface area (Å²) >= 11 is 5.87. The molecule has 4 nitrogen and oxygen atoms in total. The summed E-state index contributed by atoms with van der Waals surface area (Å²) in [6, 6.07) is 2.38. The summed E-state index contributed by atoms with van der Waals surface area (Å²) in [7, 11) is 0. The molecule has 0 aliphatic carbocycles. The van der Waals surface area contributed by atoms with Crippen LogP contribution in [0.1, 0.15) is 17.2 Å². The Morgan fingerprint density at radius 3 is 2.86 bits per heavy atom. The number of benzene rings is 1. The van der Waals surface area contributed by atoms with Crippen molar-refractivity contribution in [1.29, 1.82) is 0 Å². The van der Waals surface area contributed by atoms with Crippen molar-refractivity contribution in [3.63, 3.8) is 0 Å². The molecule has 1 aromatic carbocycles. The number of carbonyl (C=O) groups is 1. The van der Waals surface area contributed by atoms with Gasteiger partial charge in [0.05, 0.1) is 5.69 Å². The van der Waals surface area contributed by atoms with E-state index < -0.39 is 6.04 Å². The van der Waals surface area contributed by atoms with E-state index in [-0.39, 0.29) is 5.91 Å². The van der Waals surface area contributed by atoms with Gasteiger partial charge in [0.2, 0.25) is 0 Å². The minimum atomic E-state index is -0.930. The number of carbonyl (C=O) groups excluding carboxylic acids is 1. The van der Waals surface area contributed by atoms with Gasteiger partial charge in [0.1, 0.15) is 0 Å². The number of hydrogen-bond acceptors (Lipinski definition) is 3. The van der Waals surface area contributed by atoms with Crippen molar-refractivity contribution in [2.45, 2.75) is 13.0 Å². The molecule has 5 heteroatoms. The molecule has 1 heterocycles. The third-order valence-corrected chi connectivity index (χ3v) is 2.74. The van der Waals surface area contributed by atoms with Gasteiger partial charge in [-0.25, -0.2) is 0 Å². The first kappa shape index (κ1) is 9.15. The van der Waals surface area contributed by atoms with Gasteiger partial charge in [-0.1, -0.05) is 22.8 Å². The molecule has 1 amide bonds. The Morgan fingerprint density at radius 1 is 1.50 bits per heavy atom. The van der Waals surface area contributed by atoms with Crippen LogP contribution in [0.25, 0.3) is 0 Å². The molecule has 72 valence electrons. The lowest BCUT2D eigenvalue weighted by atomic mass is 10.1. The predicted octanol–water partition coefficient (Wildman–Crippen LogP) is 2.41. The highest BCUT2D eigenvalue weighted by atomic mass is 35.5. The topological polar surface area (TPSA) is 58.5 Å². The minimum Gasteiger partial charge on any atom is -0.323 e. The van der Waals surface area contributed by atoms with Crippen LogP contribution >= 0.6 is 11.6 Å². The predicted molar refractivity (Wildman–Crippen MR) is 53.4 cm³/mol. The molecule has 0 aromatic heterocycles. The van der Waals surface area contributed by atoms with Crippen LogP contribution in [0, 0.1) is 11.8 Å². The Labute approximate surface area is 85.2 Å². The summed E-state index contributed by atoms with van der Waals surface area (Å²) in [4.78, 5) is 21.7. The number of nitrogens with zero attached hydrogens (tertiary/aromatic N) is 1. The molecule has 1 aliphatic heterocycles. The summed E-state index contributed by atoms with van der Waals surface area (Å²) in [6.45, 7) is 1.79. The number of nitroso groups, excluding NO2 is 1. The minimum absolute atomic E-state index is 0.389. The molecule has 0 spiro atoms. The molecule has 0 saturated heterocycles.